The highest BCUT2D eigenvalue weighted by atomic mass is 19.4. The molecule has 0 saturated carbocycles. The predicted octanol–water partition coefficient (Wildman–Crippen LogP) is 6.56. The third kappa shape index (κ3) is 6.21. The number of halogens is 7. The van der Waals surface area contributed by atoms with Crippen LogP contribution in [-0.4, -0.2) is 49.0 Å². The second-order valence-electron chi connectivity index (χ2n) is 9.38. The molecule has 0 bridgehead atoms. The van der Waals surface area contributed by atoms with Gasteiger partial charge in [0.1, 0.15) is 5.82 Å². The van der Waals surface area contributed by atoms with Gasteiger partial charge in [0.25, 0.3) is 0 Å². The summed E-state index contributed by atoms with van der Waals surface area (Å²) >= 11 is 0. The number of benzene rings is 2. The zero-order valence-corrected chi connectivity index (χ0v) is 21.1. The Hall–Kier alpha value is -3.31. The molecule has 0 aromatic heterocycles. The Morgan fingerprint density at radius 1 is 1.03 bits per heavy atom. The first-order chi connectivity index (χ1) is 17.5. The van der Waals surface area contributed by atoms with Gasteiger partial charge >= 0.3 is 18.4 Å². The van der Waals surface area contributed by atoms with Crippen LogP contribution < -0.4 is 0 Å². The molecule has 2 aromatic rings. The summed E-state index contributed by atoms with van der Waals surface area (Å²) < 4.78 is 98.8. The predicted molar refractivity (Wildman–Crippen MR) is 124 cm³/mol. The van der Waals surface area contributed by atoms with Crippen LogP contribution >= 0.6 is 0 Å². The molecule has 38 heavy (non-hydrogen) atoms. The average molecular weight is 548 g/mol. The van der Waals surface area contributed by atoms with E-state index in [1.807, 2.05) is 0 Å². The molecule has 12 heteroatoms. The van der Waals surface area contributed by atoms with Crippen LogP contribution in [0.4, 0.5) is 35.5 Å². The minimum atomic E-state index is -5.02. The SMILES string of the molecule is COC(=O)N1CC[C@H](C(=O)N(C)[C@H](C)c2cc(C(F)(F)F)cc(C(F)(F)F)c2)[C@@H](c2ccc(F)cc2C)C1. The van der Waals surface area contributed by atoms with Crippen molar-refractivity contribution in [3.05, 3.63) is 70.0 Å². The molecule has 3 rings (SSSR count). The van der Waals surface area contributed by atoms with E-state index in [0.29, 0.717) is 23.3 Å². The Morgan fingerprint density at radius 2 is 1.61 bits per heavy atom. The largest absolute Gasteiger partial charge is 0.453 e. The van der Waals surface area contributed by atoms with Gasteiger partial charge in [-0.3, -0.25) is 4.79 Å². The lowest BCUT2D eigenvalue weighted by molar-refractivity contribution is -0.143. The molecule has 0 spiro atoms. The van der Waals surface area contributed by atoms with Crippen LogP contribution in [0.15, 0.2) is 36.4 Å². The zero-order chi connectivity index (χ0) is 28.6. The maximum Gasteiger partial charge on any atom is 0.416 e. The van der Waals surface area contributed by atoms with Crippen molar-refractivity contribution in [2.75, 3.05) is 27.2 Å². The van der Waals surface area contributed by atoms with Gasteiger partial charge in [0.2, 0.25) is 5.91 Å². The molecule has 5 nitrogen and oxygen atoms in total. The number of methoxy groups -OCH3 is 1. The quantitative estimate of drug-likeness (QED) is 0.407. The number of piperidine rings is 1. The van der Waals surface area contributed by atoms with Crippen LogP contribution in [0, 0.1) is 18.7 Å². The first-order valence-electron chi connectivity index (χ1n) is 11.7. The van der Waals surface area contributed by atoms with Gasteiger partial charge in [-0.15, -0.1) is 0 Å². The van der Waals surface area contributed by atoms with E-state index in [1.165, 1.54) is 44.2 Å². The maximum atomic E-state index is 13.8. The molecule has 0 radical (unpaired) electrons. The van der Waals surface area contributed by atoms with E-state index < -0.39 is 59.2 Å². The number of rotatable bonds is 4. The zero-order valence-electron chi connectivity index (χ0n) is 21.1. The summed E-state index contributed by atoms with van der Waals surface area (Å²) in [5, 5.41) is 0. The molecular weight excluding hydrogens is 521 g/mol. The van der Waals surface area contributed by atoms with E-state index in [9.17, 15) is 40.3 Å². The van der Waals surface area contributed by atoms with Gasteiger partial charge in [0, 0.05) is 32.0 Å². The Kier molecular flexibility index (Phi) is 8.33. The molecule has 0 N–H and O–H groups in total. The lowest BCUT2D eigenvalue weighted by Gasteiger charge is -2.40. The number of hydrogen-bond donors (Lipinski definition) is 0. The van der Waals surface area contributed by atoms with E-state index >= 15 is 0 Å². The van der Waals surface area contributed by atoms with Crippen molar-refractivity contribution in [3.63, 3.8) is 0 Å². The summed E-state index contributed by atoms with van der Waals surface area (Å²) in [6, 6.07) is 4.10. The van der Waals surface area contributed by atoms with Crippen LogP contribution in [0.1, 0.15) is 53.1 Å². The summed E-state index contributed by atoms with van der Waals surface area (Å²) in [5.74, 6) is -2.41. The standard InChI is InChI=1S/C26H27F7N2O3/c1-14-9-19(27)5-6-20(14)22-13-35(24(37)38-4)8-7-21(22)23(36)34(3)15(2)16-10-17(25(28,29)30)12-18(11-16)26(31,32)33/h5-6,9-12,15,21-22H,7-8,13H2,1-4H3/t15-,21+,22-/m1/s1. The van der Waals surface area contributed by atoms with E-state index in [2.05, 4.69) is 0 Å². The maximum absolute atomic E-state index is 13.8. The van der Waals surface area contributed by atoms with Crippen molar-refractivity contribution in [1.82, 2.24) is 9.80 Å². The van der Waals surface area contributed by atoms with Gasteiger partial charge in [0.15, 0.2) is 0 Å². The molecule has 1 saturated heterocycles. The highest BCUT2D eigenvalue weighted by Crippen LogP contribution is 2.40. The minimum absolute atomic E-state index is 0.0356. The minimum Gasteiger partial charge on any atom is -0.453 e. The summed E-state index contributed by atoms with van der Waals surface area (Å²) in [5.41, 5.74) is -2.15. The molecule has 1 fully saturated rings. The molecule has 1 heterocycles. The Morgan fingerprint density at radius 3 is 2.11 bits per heavy atom. The molecular formula is C26H27F7N2O3. The normalized spacial score (nSPS) is 19.2. The lowest BCUT2D eigenvalue weighted by atomic mass is 9.78. The fourth-order valence-electron chi connectivity index (χ4n) is 4.81. The number of aryl methyl sites for hydroxylation is 1. The number of alkyl halides is 6. The number of amides is 2. The topological polar surface area (TPSA) is 49.9 Å². The molecule has 2 aromatic carbocycles. The third-order valence-corrected chi connectivity index (χ3v) is 7.02. The lowest BCUT2D eigenvalue weighted by Crippen LogP contribution is -2.48. The van der Waals surface area contributed by atoms with Crippen LogP contribution in [0.2, 0.25) is 0 Å². The second kappa shape index (κ2) is 10.8. The van der Waals surface area contributed by atoms with Crippen molar-refractivity contribution in [1.29, 1.82) is 0 Å². The van der Waals surface area contributed by atoms with E-state index in [1.54, 1.807) is 6.92 Å². The van der Waals surface area contributed by atoms with Gasteiger partial charge in [-0.1, -0.05) is 6.07 Å². The summed E-state index contributed by atoms with van der Waals surface area (Å²) in [6.45, 7) is 3.18. The fourth-order valence-corrected chi connectivity index (χ4v) is 4.81. The molecule has 0 aliphatic carbocycles. The first kappa shape index (κ1) is 29.2. The smallest absolute Gasteiger partial charge is 0.416 e. The third-order valence-electron chi connectivity index (χ3n) is 7.02. The molecule has 3 atom stereocenters. The summed E-state index contributed by atoms with van der Waals surface area (Å²) in [7, 11) is 2.51. The van der Waals surface area contributed by atoms with Gasteiger partial charge < -0.3 is 14.5 Å². The molecule has 1 aliphatic rings. The molecule has 208 valence electrons. The second-order valence-corrected chi connectivity index (χ2v) is 9.38. The fraction of sp³-hybridized carbons (Fsp3) is 0.462. The van der Waals surface area contributed by atoms with Crippen molar-refractivity contribution in [2.45, 2.75) is 44.6 Å². The van der Waals surface area contributed by atoms with Gasteiger partial charge in [0.05, 0.1) is 24.3 Å². The van der Waals surface area contributed by atoms with Crippen LogP contribution in [0.3, 0.4) is 0 Å². The van der Waals surface area contributed by atoms with Gasteiger partial charge in [-0.25, -0.2) is 9.18 Å². The van der Waals surface area contributed by atoms with E-state index in [4.69, 9.17) is 4.74 Å². The first-order valence-corrected chi connectivity index (χ1v) is 11.7. The highest BCUT2D eigenvalue weighted by molar-refractivity contribution is 5.81. The van der Waals surface area contributed by atoms with Crippen LogP contribution in [-0.2, 0) is 21.9 Å². The highest BCUT2D eigenvalue weighted by Gasteiger charge is 2.41. The number of carbonyl (C=O) groups is 2. The molecule has 0 unspecified atom stereocenters. The number of nitrogens with zero attached hydrogens (tertiary/aromatic N) is 2. The van der Waals surface area contributed by atoms with Crippen molar-refractivity contribution in [2.24, 2.45) is 5.92 Å². The Bertz CT molecular complexity index is 1160. The average Bonchev–Trinajstić information content (AvgIpc) is 2.85. The van der Waals surface area contributed by atoms with Gasteiger partial charge in [-0.2, -0.15) is 26.3 Å². The number of hydrogen-bond acceptors (Lipinski definition) is 3. The molecule has 2 amide bonds. The summed E-state index contributed by atoms with van der Waals surface area (Å²) in [4.78, 5) is 28.3. The summed E-state index contributed by atoms with van der Waals surface area (Å²) in [6.07, 6.45) is -10.5. The van der Waals surface area contributed by atoms with Crippen LogP contribution in [0.5, 0.6) is 0 Å². The van der Waals surface area contributed by atoms with Crippen molar-refractivity contribution in [3.8, 4) is 0 Å². The van der Waals surface area contributed by atoms with E-state index in [0.717, 1.165) is 4.90 Å². The Balaban J connectivity index is 1.98. The Labute approximate surface area is 215 Å². The number of ether oxygens (including phenoxy) is 1. The number of likely N-dealkylation sites (tertiary alicyclic amines) is 1. The van der Waals surface area contributed by atoms with Crippen molar-refractivity contribution < 1.29 is 45.1 Å². The molecule has 1 aliphatic heterocycles. The van der Waals surface area contributed by atoms with Crippen LogP contribution in [0.25, 0.3) is 0 Å². The van der Waals surface area contributed by atoms with Gasteiger partial charge in [-0.05, 0) is 67.3 Å². The number of carbonyl (C=O) groups excluding carboxylic acids is 2. The van der Waals surface area contributed by atoms with E-state index in [-0.39, 0.29) is 31.1 Å². The monoisotopic (exact) mass is 548 g/mol. The van der Waals surface area contributed by atoms with Crippen molar-refractivity contribution >= 4 is 12.0 Å².